The molecule has 4 rings (SSSR count). The van der Waals surface area contributed by atoms with Gasteiger partial charge in [0.05, 0.1) is 23.9 Å². The van der Waals surface area contributed by atoms with Crippen LogP contribution in [0.1, 0.15) is 43.2 Å². The topological polar surface area (TPSA) is 58.2 Å². The summed E-state index contributed by atoms with van der Waals surface area (Å²) in [5, 5.41) is 9.16. The van der Waals surface area contributed by atoms with Crippen LogP contribution in [-0.4, -0.2) is 22.2 Å². The molecular weight excluding hydrogens is 498 g/mol. The molecule has 0 radical (unpaired) electrons. The quantitative estimate of drug-likeness (QED) is 0.209. The van der Waals surface area contributed by atoms with Crippen LogP contribution in [0.3, 0.4) is 0 Å². The van der Waals surface area contributed by atoms with Crippen LogP contribution >= 0.6 is 27.7 Å². The minimum absolute atomic E-state index is 0.0974. The molecule has 1 aliphatic heterocycles. The highest BCUT2D eigenvalue weighted by Crippen LogP contribution is 2.34. The van der Waals surface area contributed by atoms with Gasteiger partial charge in [0.2, 0.25) is 0 Å². The summed E-state index contributed by atoms with van der Waals surface area (Å²) in [4.78, 5) is 15.3. The Bertz CT molecular complexity index is 1220. The van der Waals surface area contributed by atoms with Gasteiger partial charge < -0.3 is 4.42 Å². The average molecular weight is 522 g/mol. The Kier molecular flexibility index (Phi) is 7.00. The standard InChI is InChI=1S/C26H24BrN3O2S/c1-26(2,3)20-11-9-18(10-12-20)16-28-29-25-30(17-22-8-5-13-32-22)24(31)23(33-25)15-19-6-4-7-21(27)14-19/h4-16H,17H2,1-3H3/b23-15-,28-16-,29-25+. The first-order valence-corrected chi connectivity index (χ1v) is 12.1. The van der Waals surface area contributed by atoms with E-state index < -0.39 is 0 Å². The Balaban J connectivity index is 1.58. The Labute approximate surface area is 206 Å². The van der Waals surface area contributed by atoms with Gasteiger partial charge in [0.15, 0.2) is 5.17 Å². The molecule has 0 atom stereocenters. The van der Waals surface area contributed by atoms with Crippen LogP contribution in [0.15, 0.2) is 90.9 Å². The number of amidine groups is 1. The molecule has 0 unspecified atom stereocenters. The number of thioether (sulfide) groups is 1. The van der Waals surface area contributed by atoms with Gasteiger partial charge in [-0.3, -0.25) is 9.69 Å². The summed E-state index contributed by atoms with van der Waals surface area (Å²) in [7, 11) is 0. The summed E-state index contributed by atoms with van der Waals surface area (Å²) in [6.45, 7) is 6.85. The van der Waals surface area contributed by atoms with E-state index in [-0.39, 0.29) is 11.3 Å². The average Bonchev–Trinajstić information content (AvgIpc) is 3.38. The zero-order valence-electron chi connectivity index (χ0n) is 18.7. The third kappa shape index (κ3) is 5.92. The molecule has 33 heavy (non-hydrogen) atoms. The van der Waals surface area contributed by atoms with Gasteiger partial charge in [-0.25, -0.2) is 0 Å². The number of amides is 1. The van der Waals surface area contributed by atoms with Crippen molar-refractivity contribution in [3.63, 3.8) is 0 Å². The molecule has 3 aromatic rings. The predicted octanol–water partition coefficient (Wildman–Crippen LogP) is 6.85. The van der Waals surface area contributed by atoms with E-state index in [4.69, 9.17) is 4.42 Å². The van der Waals surface area contributed by atoms with Gasteiger partial charge in [-0.2, -0.15) is 5.10 Å². The largest absolute Gasteiger partial charge is 0.467 e. The van der Waals surface area contributed by atoms with E-state index in [9.17, 15) is 4.79 Å². The molecule has 1 aromatic heterocycles. The molecule has 0 bridgehead atoms. The molecule has 168 valence electrons. The number of carbonyl (C=O) groups excluding carboxylic acids is 1. The van der Waals surface area contributed by atoms with Crippen molar-refractivity contribution in [1.82, 2.24) is 4.90 Å². The number of nitrogens with zero attached hydrogens (tertiary/aromatic N) is 3. The van der Waals surface area contributed by atoms with Crippen LogP contribution in [0.4, 0.5) is 0 Å². The molecule has 0 saturated carbocycles. The lowest BCUT2D eigenvalue weighted by molar-refractivity contribution is -0.122. The lowest BCUT2D eigenvalue weighted by Crippen LogP contribution is -2.28. The van der Waals surface area contributed by atoms with Crippen molar-refractivity contribution in [3.8, 4) is 0 Å². The lowest BCUT2D eigenvalue weighted by Gasteiger charge is -2.18. The van der Waals surface area contributed by atoms with Crippen molar-refractivity contribution < 1.29 is 9.21 Å². The first kappa shape index (κ1) is 23.3. The summed E-state index contributed by atoms with van der Waals surface area (Å²) in [5.74, 6) is 0.557. The van der Waals surface area contributed by atoms with E-state index in [0.29, 0.717) is 22.4 Å². The molecule has 1 saturated heterocycles. The Hall–Kier alpha value is -2.90. The number of rotatable bonds is 5. The minimum Gasteiger partial charge on any atom is -0.467 e. The van der Waals surface area contributed by atoms with Crippen LogP contribution in [0.2, 0.25) is 0 Å². The van der Waals surface area contributed by atoms with Gasteiger partial charge in [0, 0.05) is 4.47 Å². The summed E-state index contributed by atoms with van der Waals surface area (Å²) in [6, 6.07) is 19.7. The van der Waals surface area contributed by atoms with E-state index in [1.807, 2.05) is 48.5 Å². The molecule has 1 fully saturated rings. The Morgan fingerprint density at radius 1 is 1.06 bits per heavy atom. The van der Waals surface area contributed by atoms with Gasteiger partial charge in [-0.1, -0.05) is 73.1 Å². The summed E-state index contributed by atoms with van der Waals surface area (Å²) < 4.78 is 6.41. The molecule has 0 N–H and O–H groups in total. The maximum atomic E-state index is 13.1. The van der Waals surface area contributed by atoms with E-state index >= 15 is 0 Å². The van der Waals surface area contributed by atoms with Gasteiger partial charge in [0.1, 0.15) is 5.76 Å². The molecule has 7 heteroatoms. The second-order valence-electron chi connectivity index (χ2n) is 8.64. The molecule has 0 aliphatic carbocycles. The first-order valence-electron chi connectivity index (χ1n) is 10.5. The maximum Gasteiger partial charge on any atom is 0.267 e. The van der Waals surface area contributed by atoms with Gasteiger partial charge >= 0.3 is 0 Å². The van der Waals surface area contributed by atoms with Crippen LogP contribution in [-0.2, 0) is 16.8 Å². The SMILES string of the molecule is CC(C)(C)c1ccc(/C=N\N=C2\S/C(=C\c3cccc(Br)c3)C(=O)N2Cc2ccco2)cc1. The summed E-state index contributed by atoms with van der Waals surface area (Å²) in [5.41, 5.74) is 3.24. The molecule has 2 aromatic carbocycles. The molecule has 5 nitrogen and oxygen atoms in total. The molecule has 1 amide bonds. The molecular formula is C26H24BrN3O2S. The number of hydrogen-bond acceptors (Lipinski definition) is 5. The number of benzene rings is 2. The van der Waals surface area contributed by atoms with Gasteiger partial charge in [0.25, 0.3) is 5.91 Å². The summed E-state index contributed by atoms with van der Waals surface area (Å²) in [6.07, 6.45) is 5.16. The van der Waals surface area contributed by atoms with Crippen LogP contribution in [0, 0.1) is 0 Å². The fourth-order valence-corrected chi connectivity index (χ4v) is 4.59. The van der Waals surface area contributed by atoms with Crippen LogP contribution in [0.25, 0.3) is 6.08 Å². The number of furan rings is 1. The van der Waals surface area contributed by atoms with Gasteiger partial charge in [-0.15, -0.1) is 5.10 Å². The van der Waals surface area contributed by atoms with Crippen molar-refractivity contribution >= 4 is 51.1 Å². The Morgan fingerprint density at radius 3 is 2.52 bits per heavy atom. The third-order valence-corrected chi connectivity index (χ3v) is 6.55. The fourth-order valence-electron chi connectivity index (χ4n) is 3.24. The predicted molar refractivity (Wildman–Crippen MR) is 139 cm³/mol. The molecule has 0 spiro atoms. The normalized spacial score (nSPS) is 17.1. The highest BCUT2D eigenvalue weighted by atomic mass is 79.9. The van der Waals surface area contributed by atoms with Crippen LogP contribution in [0.5, 0.6) is 0 Å². The second-order valence-corrected chi connectivity index (χ2v) is 10.6. The van der Waals surface area contributed by atoms with Crippen molar-refractivity contribution in [2.24, 2.45) is 10.2 Å². The second kappa shape index (κ2) is 9.93. The molecule has 1 aliphatic rings. The zero-order chi connectivity index (χ0) is 23.4. The smallest absolute Gasteiger partial charge is 0.267 e. The minimum atomic E-state index is -0.125. The molecule has 2 heterocycles. The number of carbonyl (C=O) groups is 1. The number of halogens is 1. The van der Waals surface area contributed by atoms with E-state index in [2.05, 4.69) is 59.0 Å². The van der Waals surface area contributed by atoms with Gasteiger partial charge in [-0.05, 0) is 64.2 Å². The number of hydrogen-bond donors (Lipinski definition) is 0. The monoisotopic (exact) mass is 521 g/mol. The van der Waals surface area contributed by atoms with E-state index in [1.165, 1.54) is 17.3 Å². The van der Waals surface area contributed by atoms with Crippen molar-refractivity contribution in [2.45, 2.75) is 32.7 Å². The van der Waals surface area contributed by atoms with Crippen molar-refractivity contribution in [1.29, 1.82) is 0 Å². The summed E-state index contributed by atoms with van der Waals surface area (Å²) >= 11 is 4.78. The maximum absolute atomic E-state index is 13.1. The van der Waals surface area contributed by atoms with Crippen molar-refractivity contribution in [2.75, 3.05) is 0 Å². The van der Waals surface area contributed by atoms with E-state index in [0.717, 1.165) is 15.6 Å². The zero-order valence-corrected chi connectivity index (χ0v) is 21.1. The fraction of sp³-hybridized carbons (Fsp3) is 0.192. The van der Waals surface area contributed by atoms with Crippen molar-refractivity contribution in [3.05, 3.63) is 98.8 Å². The highest BCUT2D eigenvalue weighted by molar-refractivity contribution is 9.10. The lowest BCUT2D eigenvalue weighted by atomic mass is 9.87. The van der Waals surface area contributed by atoms with Crippen LogP contribution < -0.4 is 0 Å². The first-order chi connectivity index (χ1) is 15.8. The third-order valence-electron chi connectivity index (χ3n) is 5.06. The highest BCUT2D eigenvalue weighted by Gasteiger charge is 2.34. The van der Waals surface area contributed by atoms with E-state index in [1.54, 1.807) is 23.4 Å². The Morgan fingerprint density at radius 2 is 1.85 bits per heavy atom.